The fourth-order valence-corrected chi connectivity index (χ4v) is 4.65. The maximum absolute atomic E-state index is 13.6. The van der Waals surface area contributed by atoms with E-state index >= 15 is 0 Å². The Morgan fingerprint density at radius 2 is 1.79 bits per heavy atom. The standard InChI is InChI=1S/C28H25Cl2N5O4/c1-16-25(27(36)34-19-6-8-20(37-2)9-7-19)26(35-28(33-16)31-15-32-35)18-5-11-23(24(13-18)38-3)39-14-17-4-10-21(29)22(30)12-17/h4-13,15,26H,14H2,1-3H3,(H,34,36)(H,31,32,33)/t26-/m1/s1. The second kappa shape index (κ2) is 11.3. The molecule has 1 amide bonds. The highest BCUT2D eigenvalue weighted by Gasteiger charge is 2.34. The average Bonchev–Trinajstić information content (AvgIpc) is 3.41. The van der Waals surface area contributed by atoms with Crippen molar-refractivity contribution < 1.29 is 19.0 Å². The minimum absolute atomic E-state index is 0.266. The summed E-state index contributed by atoms with van der Waals surface area (Å²) in [6.45, 7) is 2.10. The number of carbonyl (C=O) groups excluding carboxylic acids is 1. The van der Waals surface area contributed by atoms with Crippen molar-refractivity contribution in [3.63, 3.8) is 0 Å². The van der Waals surface area contributed by atoms with E-state index in [1.165, 1.54) is 6.33 Å². The summed E-state index contributed by atoms with van der Waals surface area (Å²) in [4.78, 5) is 17.9. The van der Waals surface area contributed by atoms with Gasteiger partial charge in [-0.3, -0.25) is 4.79 Å². The van der Waals surface area contributed by atoms with Crippen molar-refractivity contribution in [1.82, 2.24) is 14.8 Å². The lowest BCUT2D eigenvalue weighted by Gasteiger charge is -2.29. The van der Waals surface area contributed by atoms with Crippen molar-refractivity contribution in [1.29, 1.82) is 0 Å². The van der Waals surface area contributed by atoms with E-state index in [0.29, 0.717) is 50.2 Å². The number of hydrogen-bond donors (Lipinski definition) is 2. The molecule has 1 aliphatic heterocycles. The highest BCUT2D eigenvalue weighted by atomic mass is 35.5. The predicted molar refractivity (Wildman–Crippen MR) is 150 cm³/mol. The van der Waals surface area contributed by atoms with Crippen molar-refractivity contribution in [3.8, 4) is 17.2 Å². The Bertz CT molecular complexity index is 1550. The number of allylic oxidation sites excluding steroid dienone is 1. The minimum atomic E-state index is -0.569. The molecule has 1 atom stereocenters. The molecule has 1 aliphatic rings. The number of ether oxygens (including phenoxy) is 3. The first kappa shape index (κ1) is 26.4. The molecule has 3 aromatic carbocycles. The molecule has 0 unspecified atom stereocenters. The minimum Gasteiger partial charge on any atom is -0.497 e. The van der Waals surface area contributed by atoms with E-state index in [0.717, 1.165) is 11.1 Å². The fraction of sp³-hybridized carbons (Fsp3) is 0.179. The number of carbonyl (C=O) groups is 1. The van der Waals surface area contributed by atoms with Crippen LogP contribution in [0, 0.1) is 0 Å². The average molecular weight is 566 g/mol. The zero-order valence-electron chi connectivity index (χ0n) is 21.4. The van der Waals surface area contributed by atoms with Gasteiger partial charge in [-0.2, -0.15) is 10.1 Å². The number of amides is 1. The molecule has 4 aromatic rings. The molecule has 0 radical (unpaired) electrons. The van der Waals surface area contributed by atoms with Gasteiger partial charge < -0.3 is 24.8 Å². The van der Waals surface area contributed by atoms with E-state index in [-0.39, 0.29) is 12.5 Å². The number of nitrogens with one attached hydrogen (secondary N) is 2. The lowest BCUT2D eigenvalue weighted by atomic mass is 9.94. The van der Waals surface area contributed by atoms with Crippen LogP contribution in [-0.2, 0) is 11.4 Å². The van der Waals surface area contributed by atoms with Crippen LogP contribution in [0.5, 0.6) is 17.2 Å². The molecule has 5 rings (SSSR count). The highest BCUT2D eigenvalue weighted by molar-refractivity contribution is 6.42. The van der Waals surface area contributed by atoms with E-state index in [2.05, 4.69) is 20.7 Å². The quantitative estimate of drug-likeness (QED) is 0.266. The number of benzene rings is 3. The van der Waals surface area contributed by atoms with Gasteiger partial charge in [-0.1, -0.05) is 35.3 Å². The van der Waals surface area contributed by atoms with Crippen LogP contribution in [0.15, 0.2) is 78.3 Å². The van der Waals surface area contributed by atoms with Crippen LogP contribution in [0.4, 0.5) is 11.6 Å². The summed E-state index contributed by atoms with van der Waals surface area (Å²) >= 11 is 12.2. The predicted octanol–water partition coefficient (Wildman–Crippen LogP) is 6.11. The molecule has 2 heterocycles. The molecule has 11 heteroatoms. The lowest BCUT2D eigenvalue weighted by molar-refractivity contribution is -0.113. The van der Waals surface area contributed by atoms with Gasteiger partial charge in [0, 0.05) is 11.4 Å². The summed E-state index contributed by atoms with van der Waals surface area (Å²) in [7, 11) is 3.15. The van der Waals surface area contributed by atoms with Crippen LogP contribution in [0.25, 0.3) is 0 Å². The summed E-state index contributed by atoms with van der Waals surface area (Å²) in [5, 5.41) is 11.5. The van der Waals surface area contributed by atoms with Gasteiger partial charge in [0.25, 0.3) is 5.91 Å². The van der Waals surface area contributed by atoms with Crippen LogP contribution in [-0.4, -0.2) is 34.9 Å². The zero-order chi connectivity index (χ0) is 27.5. The van der Waals surface area contributed by atoms with Crippen LogP contribution in [0.1, 0.15) is 24.1 Å². The van der Waals surface area contributed by atoms with Gasteiger partial charge in [-0.25, -0.2) is 4.68 Å². The topological polar surface area (TPSA) is 99.5 Å². The first-order valence-corrected chi connectivity index (χ1v) is 12.7. The second-order valence-corrected chi connectivity index (χ2v) is 9.54. The van der Waals surface area contributed by atoms with Gasteiger partial charge in [0.1, 0.15) is 24.7 Å². The van der Waals surface area contributed by atoms with E-state index in [1.54, 1.807) is 61.4 Å². The Hall–Kier alpha value is -4.21. The first-order chi connectivity index (χ1) is 18.9. The maximum Gasteiger partial charge on any atom is 0.255 e. The number of anilines is 2. The van der Waals surface area contributed by atoms with E-state index in [4.69, 9.17) is 37.4 Å². The summed E-state index contributed by atoms with van der Waals surface area (Å²) in [6.07, 6.45) is 1.44. The maximum atomic E-state index is 13.6. The Morgan fingerprint density at radius 3 is 2.51 bits per heavy atom. The normalized spacial score (nSPS) is 14.3. The Kier molecular flexibility index (Phi) is 7.63. The number of hydrogen-bond acceptors (Lipinski definition) is 7. The first-order valence-electron chi connectivity index (χ1n) is 11.9. The van der Waals surface area contributed by atoms with E-state index in [9.17, 15) is 4.79 Å². The Balaban J connectivity index is 1.45. The smallest absolute Gasteiger partial charge is 0.255 e. The second-order valence-electron chi connectivity index (χ2n) is 8.72. The van der Waals surface area contributed by atoms with Crippen molar-refractivity contribution >= 4 is 40.7 Å². The number of aromatic nitrogens is 3. The molecule has 0 saturated heterocycles. The molecule has 0 saturated carbocycles. The van der Waals surface area contributed by atoms with Crippen molar-refractivity contribution in [2.24, 2.45) is 0 Å². The van der Waals surface area contributed by atoms with Gasteiger partial charge in [0.2, 0.25) is 5.95 Å². The number of fused-ring (bicyclic) bond motifs is 1. The van der Waals surface area contributed by atoms with E-state index in [1.807, 2.05) is 25.1 Å². The summed E-state index contributed by atoms with van der Waals surface area (Å²) in [5.41, 5.74) is 3.40. The van der Waals surface area contributed by atoms with Crippen LogP contribution >= 0.6 is 23.2 Å². The number of halogens is 2. The molecule has 200 valence electrons. The van der Waals surface area contributed by atoms with E-state index < -0.39 is 6.04 Å². The van der Waals surface area contributed by atoms with Crippen LogP contribution in [0.2, 0.25) is 10.0 Å². The van der Waals surface area contributed by atoms with Gasteiger partial charge in [0.15, 0.2) is 11.5 Å². The van der Waals surface area contributed by atoms with Gasteiger partial charge in [0.05, 0.1) is 29.8 Å². The third kappa shape index (κ3) is 5.50. The van der Waals surface area contributed by atoms with Crippen molar-refractivity contribution in [2.45, 2.75) is 19.6 Å². The SMILES string of the molecule is COc1ccc(NC(=O)C2=C(C)Nc3ncnn3[C@@H]2c2ccc(OCc3ccc(Cl)c(Cl)c3)c(OC)c2)cc1. The molecule has 39 heavy (non-hydrogen) atoms. The summed E-state index contributed by atoms with van der Waals surface area (Å²) in [5.74, 6) is 1.97. The van der Waals surface area contributed by atoms with Gasteiger partial charge >= 0.3 is 0 Å². The van der Waals surface area contributed by atoms with Gasteiger partial charge in [-0.05, 0) is 66.6 Å². The molecular formula is C28H25Cl2N5O4. The monoisotopic (exact) mass is 565 g/mol. The lowest BCUT2D eigenvalue weighted by Crippen LogP contribution is -2.31. The third-order valence-electron chi connectivity index (χ3n) is 6.27. The van der Waals surface area contributed by atoms with Gasteiger partial charge in [-0.15, -0.1) is 0 Å². The number of nitrogens with zero attached hydrogens (tertiary/aromatic N) is 3. The molecule has 0 spiro atoms. The number of methoxy groups -OCH3 is 2. The zero-order valence-corrected chi connectivity index (χ0v) is 22.9. The molecule has 0 aliphatic carbocycles. The third-order valence-corrected chi connectivity index (χ3v) is 7.01. The summed E-state index contributed by atoms with van der Waals surface area (Å²) < 4.78 is 18.6. The van der Waals surface area contributed by atoms with Crippen molar-refractivity contribution in [2.75, 3.05) is 24.9 Å². The largest absolute Gasteiger partial charge is 0.497 e. The molecule has 0 fully saturated rings. The van der Waals surface area contributed by atoms with Crippen molar-refractivity contribution in [3.05, 3.63) is 99.4 Å². The van der Waals surface area contributed by atoms with Crippen LogP contribution < -0.4 is 24.8 Å². The molecule has 0 bridgehead atoms. The number of rotatable bonds is 8. The fourth-order valence-electron chi connectivity index (χ4n) is 4.33. The molecule has 2 N–H and O–H groups in total. The highest BCUT2D eigenvalue weighted by Crippen LogP contribution is 2.39. The summed E-state index contributed by atoms with van der Waals surface area (Å²) in [6, 6.07) is 17.4. The van der Waals surface area contributed by atoms with Crippen LogP contribution in [0.3, 0.4) is 0 Å². The Labute approximate surface area is 235 Å². The molecule has 9 nitrogen and oxygen atoms in total. The Morgan fingerprint density at radius 1 is 1.00 bits per heavy atom. The molecular weight excluding hydrogens is 541 g/mol. The molecule has 1 aromatic heterocycles.